The second kappa shape index (κ2) is 4.62. The quantitative estimate of drug-likeness (QED) is 0.869. The molecule has 0 amide bonds. The number of fused-ring (bicyclic) bond motifs is 1. The van der Waals surface area contributed by atoms with Crippen molar-refractivity contribution < 1.29 is 36.9 Å². The van der Waals surface area contributed by atoms with Crippen LogP contribution in [0.25, 0.3) is 0 Å². The highest BCUT2D eigenvalue weighted by Crippen LogP contribution is 2.44. The molecule has 1 aromatic carbocycles. The normalized spacial score (nSPS) is 22.4. The number of alkyl halides is 4. The predicted molar refractivity (Wildman–Crippen MR) is 58.5 cm³/mol. The van der Waals surface area contributed by atoms with Crippen molar-refractivity contribution in [1.82, 2.24) is 0 Å². The van der Waals surface area contributed by atoms with Crippen molar-refractivity contribution >= 4 is 5.78 Å². The van der Waals surface area contributed by atoms with E-state index in [0.29, 0.717) is 0 Å². The van der Waals surface area contributed by atoms with Crippen molar-refractivity contribution in [3.8, 4) is 11.5 Å². The van der Waals surface area contributed by atoms with Crippen molar-refractivity contribution in [3.63, 3.8) is 0 Å². The van der Waals surface area contributed by atoms with Crippen molar-refractivity contribution in [2.24, 2.45) is 0 Å². The number of hydrogen-bond acceptors (Lipinski definition) is 4. The zero-order valence-corrected chi connectivity index (χ0v) is 10.2. The molecule has 2 rings (SSSR count). The number of carbonyl (C=O) groups is 1. The lowest BCUT2D eigenvalue weighted by molar-refractivity contribution is -0.316. The van der Waals surface area contributed by atoms with Gasteiger partial charge in [0.2, 0.25) is 0 Å². The number of Topliss-reactive ketones (excluding diaryl/α,β-unsaturated/α-hetero) is 1. The van der Waals surface area contributed by atoms with E-state index in [-0.39, 0.29) is 11.3 Å². The van der Waals surface area contributed by atoms with Gasteiger partial charge in [-0.25, -0.2) is 8.78 Å². The molecule has 0 spiro atoms. The van der Waals surface area contributed by atoms with Crippen LogP contribution in [0.3, 0.4) is 0 Å². The van der Waals surface area contributed by atoms with E-state index >= 15 is 0 Å². The fourth-order valence-corrected chi connectivity index (χ4v) is 1.83. The summed E-state index contributed by atoms with van der Waals surface area (Å²) in [6.45, 7) is 0. The lowest BCUT2D eigenvalue weighted by atomic mass is 9.94. The van der Waals surface area contributed by atoms with Gasteiger partial charge in [-0.3, -0.25) is 4.79 Å². The number of hydrogen-bond donors (Lipinski definition) is 1. The van der Waals surface area contributed by atoms with E-state index in [1.165, 1.54) is 19.2 Å². The summed E-state index contributed by atoms with van der Waals surface area (Å²) < 4.78 is 60.8. The summed E-state index contributed by atoms with van der Waals surface area (Å²) in [4.78, 5) is 11.8. The summed E-state index contributed by atoms with van der Waals surface area (Å²) in [6, 6.07) is 3.61. The van der Waals surface area contributed by atoms with Crippen LogP contribution in [0.15, 0.2) is 18.2 Å². The van der Waals surface area contributed by atoms with Crippen molar-refractivity contribution in [2.75, 3.05) is 7.11 Å². The molecular weight excluding hydrogens is 284 g/mol. The molecule has 0 bridgehead atoms. The predicted octanol–water partition coefficient (Wildman–Crippen LogP) is 2.25. The second-order valence-electron chi connectivity index (χ2n) is 4.27. The van der Waals surface area contributed by atoms with E-state index in [0.717, 1.165) is 6.07 Å². The van der Waals surface area contributed by atoms with Crippen LogP contribution in [-0.2, 0) is 0 Å². The molecule has 0 saturated heterocycles. The molecule has 110 valence electrons. The van der Waals surface area contributed by atoms with E-state index in [2.05, 4.69) is 4.74 Å². The Labute approximate surface area is 110 Å². The maximum atomic E-state index is 13.3. The minimum absolute atomic E-state index is 0.112. The van der Waals surface area contributed by atoms with Gasteiger partial charge in [0.15, 0.2) is 5.78 Å². The number of rotatable bonds is 3. The number of halogens is 4. The van der Waals surface area contributed by atoms with Gasteiger partial charge in [-0.1, -0.05) is 0 Å². The maximum Gasteiger partial charge on any atom is 0.371 e. The van der Waals surface area contributed by atoms with E-state index in [1.54, 1.807) is 0 Å². The average Bonchev–Trinajstić information content (AvgIpc) is 2.38. The van der Waals surface area contributed by atoms with Crippen molar-refractivity contribution in [1.29, 1.82) is 0 Å². The van der Waals surface area contributed by atoms with Gasteiger partial charge in [-0.05, 0) is 18.2 Å². The Bertz CT molecular complexity index is 546. The van der Waals surface area contributed by atoms with Crippen LogP contribution in [0.2, 0.25) is 0 Å². The minimum atomic E-state index is -4.87. The topological polar surface area (TPSA) is 55.8 Å². The third kappa shape index (κ3) is 2.09. The van der Waals surface area contributed by atoms with Gasteiger partial charge in [-0.2, -0.15) is 8.78 Å². The molecule has 20 heavy (non-hydrogen) atoms. The summed E-state index contributed by atoms with van der Waals surface area (Å²) >= 11 is 0. The molecule has 0 unspecified atom stereocenters. The number of aliphatic hydroxyl groups is 1. The van der Waals surface area contributed by atoms with Crippen LogP contribution in [-0.4, -0.2) is 36.1 Å². The van der Waals surface area contributed by atoms with Crippen molar-refractivity contribution in [3.05, 3.63) is 23.8 Å². The van der Waals surface area contributed by atoms with Gasteiger partial charge in [0.1, 0.15) is 11.5 Å². The number of methoxy groups -OCH3 is 1. The van der Waals surface area contributed by atoms with Gasteiger partial charge in [0.05, 0.1) is 19.1 Å². The monoisotopic (exact) mass is 294 g/mol. The second-order valence-corrected chi connectivity index (χ2v) is 4.27. The van der Waals surface area contributed by atoms with Crippen LogP contribution >= 0.6 is 0 Å². The molecule has 0 fully saturated rings. The Hall–Kier alpha value is -1.83. The van der Waals surface area contributed by atoms with E-state index in [4.69, 9.17) is 4.74 Å². The highest BCUT2D eigenvalue weighted by molar-refractivity contribution is 6.00. The summed E-state index contributed by atoms with van der Waals surface area (Å²) in [5, 5.41) is 9.61. The van der Waals surface area contributed by atoms with Crippen LogP contribution in [0.5, 0.6) is 11.5 Å². The smallest absolute Gasteiger partial charge is 0.371 e. The first-order valence-electron chi connectivity index (χ1n) is 5.50. The number of benzene rings is 1. The number of ether oxygens (including phenoxy) is 2. The molecule has 4 nitrogen and oxygen atoms in total. The maximum absolute atomic E-state index is 13.3. The Morgan fingerprint density at radius 1 is 1.45 bits per heavy atom. The van der Waals surface area contributed by atoms with E-state index in [9.17, 15) is 27.5 Å². The summed E-state index contributed by atoms with van der Waals surface area (Å²) in [5.41, 5.74) is -0.112. The molecule has 1 aliphatic rings. The molecule has 1 heterocycles. The van der Waals surface area contributed by atoms with Gasteiger partial charge < -0.3 is 14.6 Å². The summed E-state index contributed by atoms with van der Waals surface area (Å²) in [7, 11) is 1.33. The number of ketones is 1. The lowest BCUT2D eigenvalue weighted by Crippen LogP contribution is -2.59. The first-order chi connectivity index (χ1) is 9.21. The van der Waals surface area contributed by atoms with Crippen LogP contribution in [0, 0.1) is 0 Å². The molecule has 8 heteroatoms. The Morgan fingerprint density at radius 3 is 2.65 bits per heavy atom. The minimum Gasteiger partial charge on any atom is -0.497 e. The highest BCUT2D eigenvalue weighted by Gasteiger charge is 2.64. The van der Waals surface area contributed by atoms with Crippen LogP contribution < -0.4 is 9.47 Å². The molecule has 0 aromatic heterocycles. The molecule has 0 aliphatic carbocycles. The van der Waals surface area contributed by atoms with Gasteiger partial charge >= 0.3 is 12.3 Å². The van der Waals surface area contributed by atoms with E-state index < -0.39 is 36.1 Å². The molecular formula is C12H10F4O4. The largest absolute Gasteiger partial charge is 0.497 e. The molecule has 1 atom stereocenters. The fraction of sp³-hybridized carbons (Fsp3) is 0.417. The first-order valence-corrected chi connectivity index (χ1v) is 5.50. The average molecular weight is 294 g/mol. The summed E-state index contributed by atoms with van der Waals surface area (Å²) in [5.74, 6) is -9.51. The Kier molecular flexibility index (Phi) is 3.37. The van der Waals surface area contributed by atoms with Gasteiger partial charge in [0.25, 0.3) is 5.79 Å². The third-order valence-corrected chi connectivity index (χ3v) is 2.96. The molecule has 1 N–H and O–H groups in total. The third-order valence-electron chi connectivity index (χ3n) is 2.96. The Morgan fingerprint density at radius 2 is 2.10 bits per heavy atom. The van der Waals surface area contributed by atoms with Gasteiger partial charge in [0, 0.05) is 0 Å². The SMILES string of the molecule is COc1ccc2c(c1)C(=O)C[C@](O)(C(F)(F)C(F)F)O2. The molecule has 0 saturated carbocycles. The molecule has 1 aromatic rings. The van der Waals surface area contributed by atoms with Crippen LogP contribution in [0.1, 0.15) is 16.8 Å². The van der Waals surface area contributed by atoms with Crippen LogP contribution in [0.4, 0.5) is 17.6 Å². The molecule has 1 aliphatic heterocycles. The Balaban J connectivity index is 2.44. The highest BCUT2D eigenvalue weighted by atomic mass is 19.3. The van der Waals surface area contributed by atoms with E-state index in [1.807, 2.05) is 0 Å². The standard InChI is InChI=1S/C12H10F4O4/c1-19-6-2-3-9-7(4-6)8(17)5-11(18,20-9)12(15,16)10(13)14/h2-4,10,18H,5H2,1H3/t11-/m1/s1. The fourth-order valence-electron chi connectivity index (χ4n) is 1.83. The summed E-state index contributed by atoms with van der Waals surface area (Å²) in [6.07, 6.45) is -5.44. The zero-order valence-electron chi connectivity index (χ0n) is 10.2. The zero-order chi connectivity index (χ0) is 15.1. The molecule has 0 radical (unpaired) electrons. The number of carbonyl (C=O) groups excluding carboxylic acids is 1. The van der Waals surface area contributed by atoms with Gasteiger partial charge in [-0.15, -0.1) is 0 Å². The van der Waals surface area contributed by atoms with Crippen molar-refractivity contribution in [2.45, 2.75) is 24.6 Å². The lowest BCUT2D eigenvalue weighted by Gasteiger charge is -2.37. The first kappa shape index (κ1) is 14.6.